The van der Waals surface area contributed by atoms with Crippen molar-refractivity contribution in [1.82, 2.24) is 10.3 Å². The number of nitrogens with zero attached hydrogens (tertiary/aromatic N) is 1. The Balaban J connectivity index is 1.66. The summed E-state index contributed by atoms with van der Waals surface area (Å²) in [7, 11) is -3.60. The van der Waals surface area contributed by atoms with E-state index in [0.29, 0.717) is 11.3 Å². The molecule has 3 rings (SSSR count). The standard InChI is InChI=1S/C18H17N3O3S2/c1-13(15-4-2-10-19-12-15)20-18(22)14-6-8-16(9-7-14)21-26(23,24)17-5-3-11-25-17/h2-13,21H,1H3,(H,20,22). The molecule has 1 amide bonds. The molecule has 6 nitrogen and oxygen atoms in total. The molecule has 0 fully saturated rings. The fourth-order valence-corrected chi connectivity index (χ4v) is 4.36. The summed E-state index contributed by atoms with van der Waals surface area (Å²) in [4.78, 5) is 16.4. The van der Waals surface area contributed by atoms with Crippen molar-refractivity contribution >= 4 is 33.0 Å². The van der Waals surface area contributed by atoms with E-state index in [1.807, 2.05) is 19.1 Å². The van der Waals surface area contributed by atoms with Crippen molar-refractivity contribution in [2.45, 2.75) is 17.2 Å². The van der Waals surface area contributed by atoms with Gasteiger partial charge in [0.1, 0.15) is 4.21 Å². The summed E-state index contributed by atoms with van der Waals surface area (Å²) in [6.07, 6.45) is 3.38. The largest absolute Gasteiger partial charge is 0.345 e. The summed E-state index contributed by atoms with van der Waals surface area (Å²) in [5.41, 5.74) is 1.75. The molecule has 134 valence electrons. The topological polar surface area (TPSA) is 88.2 Å². The molecule has 2 aromatic heterocycles. The first-order chi connectivity index (χ1) is 12.5. The summed E-state index contributed by atoms with van der Waals surface area (Å²) in [6, 6.07) is 13.0. The van der Waals surface area contributed by atoms with E-state index in [2.05, 4.69) is 15.0 Å². The van der Waals surface area contributed by atoms with Gasteiger partial charge in [0.05, 0.1) is 6.04 Å². The van der Waals surface area contributed by atoms with Gasteiger partial charge in [-0.15, -0.1) is 11.3 Å². The van der Waals surface area contributed by atoms with E-state index in [9.17, 15) is 13.2 Å². The van der Waals surface area contributed by atoms with Gasteiger partial charge in [-0.3, -0.25) is 14.5 Å². The molecule has 0 aliphatic heterocycles. The van der Waals surface area contributed by atoms with Crippen molar-refractivity contribution in [2.24, 2.45) is 0 Å². The SMILES string of the molecule is CC(NC(=O)c1ccc(NS(=O)(=O)c2cccs2)cc1)c1cccnc1. The average molecular weight is 387 g/mol. The van der Waals surface area contributed by atoms with Crippen molar-refractivity contribution in [1.29, 1.82) is 0 Å². The summed E-state index contributed by atoms with van der Waals surface area (Å²) >= 11 is 1.14. The summed E-state index contributed by atoms with van der Waals surface area (Å²) < 4.78 is 27.1. The molecule has 1 unspecified atom stereocenters. The fraction of sp³-hybridized carbons (Fsp3) is 0.111. The Morgan fingerprint density at radius 2 is 1.88 bits per heavy atom. The molecule has 0 spiro atoms. The van der Waals surface area contributed by atoms with Gasteiger partial charge in [-0.25, -0.2) is 8.42 Å². The van der Waals surface area contributed by atoms with Crippen molar-refractivity contribution in [3.8, 4) is 0 Å². The number of pyridine rings is 1. The summed E-state index contributed by atoms with van der Waals surface area (Å²) in [5.74, 6) is -0.242. The third-order valence-corrected chi connectivity index (χ3v) is 6.47. The number of aromatic nitrogens is 1. The minimum Gasteiger partial charge on any atom is -0.345 e. The highest BCUT2D eigenvalue weighted by Gasteiger charge is 2.16. The quantitative estimate of drug-likeness (QED) is 0.678. The minimum absolute atomic E-state index is 0.187. The predicted molar refractivity (Wildman–Crippen MR) is 102 cm³/mol. The Morgan fingerprint density at radius 3 is 2.50 bits per heavy atom. The number of hydrogen-bond donors (Lipinski definition) is 2. The lowest BCUT2D eigenvalue weighted by Gasteiger charge is -2.14. The lowest BCUT2D eigenvalue weighted by Crippen LogP contribution is -2.26. The second kappa shape index (κ2) is 7.67. The lowest BCUT2D eigenvalue weighted by atomic mass is 10.1. The highest BCUT2D eigenvalue weighted by atomic mass is 32.2. The van der Waals surface area contributed by atoms with Crippen LogP contribution in [0.4, 0.5) is 5.69 Å². The van der Waals surface area contributed by atoms with E-state index in [-0.39, 0.29) is 16.2 Å². The highest BCUT2D eigenvalue weighted by Crippen LogP contribution is 2.20. The first-order valence-corrected chi connectivity index (χ1v) is 10.2. The average Bonchev–Trinajstić information content (AvgIpc) is 3.18. The van der Waals surface area contributed by atoms with Gasteiger partial charge in [0.2, 0.25) is 0 Å². The number of thiophene rings is 1. The molecule has 26 heavy (non-hydrogen) atoms. The number of benzene rings is 1. The monoisotopic (exact) mass is 387 g/mol. The summed E-state index contributed by atoms with van der Waals surface area (Å²) in [5, 5.41) is 4.59. The number of hydrogen-bond acceptors (Lipinski definition) is 5. The van der Waals surface area contributed by atoms with Crippen LogP contribution in [0.5, 0.6) is 0 Å². The van der Waals surface area contributed by atoms with Crippen LogP contribution in [-0.4, -0.2) is 19.3 Å². The van der Waals surface area contributed by atoms with E-state index in [0.717, 1.165) is 16.9 Å². The zero-order chi connectivity index (χ0) is 18.6. The third-order valence-electron chi connectivity index (χ3n) is 3.69. The second-order valence-corrected chi connectivity index (χ2v) is 8.45. The molecule has 0 saturated heterocycles. The van der Waals surface area contributed by atoms with E-state index in [1.54, 1.807) is 48.1 Å². The van der Waals surface area contributed by atoms with Crippen LogP contribution in [-0.2, 0) is 10.0 Å². The zero-order valence-corrected chi connectivity index (χ0v) is 15.5. The molecule has 3 aromatic rings. The van der Waals surface area contributed by atoms with Crippen molar-refractivity contribution < 1.29 is 13.2 Å². The number of rotatable bonds is 6. The first kappa shape index (κ1) is 18.1. The minimum atomic E-state index is -3.60. The smallest absolute Gasteiger partial charge is 0.271 e. The normalized spacial score (nSPS) is 12.3. The van der Waals surface area contributed by atoms with Gasteiger partial charge < -0.3 is 5.32 Å². The number of carbonyl (C=O) groups is 1. The maximum absolute atomic E-state index is 12.3. The third kappa shape index (κ3) is 4.27. The predicted octanol–water partition coefficient (Wildman–Crippen LogP) is 3.43. The Kier molecular flexibility index (Phi) is 5.34. The van der Waals surface area contributed by atoms with Gasteiger partial charge >= 0.3 is 0 Å². The number of amides is 1. The van der Waals surface area contributed by atoms with Gasteiger partial charge in [-0.1, -0.05) is 12.1 Å². The Morgan fingerprint density at radius 1 is 1.12 bits per heavy atom. The van der Waals surface area contributed by atoms with E-state index in [1.165, 1.54) is 6.07 Å². The summed E-state index contributed by atoms with van der Waals surface area (Å²) in [6.45, 7) is 1.87. The van der Waals surface area contributed by atoms with Gasteiger partial charge in [0.15, 0.2) is 0 Å². The molecule has 2 N–H and O–H groups in total. The number of carbonyl (C=O) groups excluding carboxylic acids is 1. The van der Waals surface area contributed by atoms with Crippen LogP contribution in [0, 0.1) is 0 Å². The maximum Gasteiger partial charge on any atom is 0.271 e. The van der Waals surface area contributed by atoms with Crippen LogP contribution in [0.25, 0.3) is 0 Å². The second-order valence-electron chi connectivity index (χ2n) is 5.60. The van der Waals surface area contributed by atoms with E-state index < -0.39 is 10.0 Å². The molecule has 0 radical (unpaired) electrons. The number of anilines is 1. The van der Waals surface area contributed by atoms with E-state index in [4.69, 9.17) is 0 Å². The molecule has 0 saturated carbocycles. The highest BCUT2D eigenvalue weighted by molar-refractivity contribution is 7.94. The molecular weight excluding hydrogens is 370 g/mol. The van der Waals surface area contributed by atoms with Crippen LogP contribution in [0.15, 0.2) is 70.5 Å². The fourth-order valence-electron chi connectivity index (χ4n) is 2.31. The zero-order valence-electron chi connectivity index (χ0n) is 13.9. The Bertz CT molecular complexity index is 970. The van der Waals surface area contributed by atoms with Crippen LogP contribution in [0.3, 0.4) is 0 Å². The number of sulfonamides is 1. The Hall–Kier alpha value is -2.71. The van der Waals surface area contributed by atoms with Crippen LogP contribution < -0.4 is 10.0 Å². The van der Waals surface area contributed by atoms with Crippen molar-refractivity contribution in [2.75, 3.05) is 4.72 Å². The van der Waals surface area contributed by atoms with Crippen LogP contribution in [0.1, 0.15) is 28.9 Å². The lowest BCUT2D eigenvalue weighted by molar-refractivity contribution is 0.0940. The Labute approximate surface area is 156 Å². The molecule has 2 heterocycles. The maximum atomic E-state index is 12.3. The van der Waals surface area contributed by atoms with Crippen LogP contribution in [0.2, 0.25) is 0 Å². The first-order valence-electron chi connectivity index (χ1n) is 7.83. The molecule has 1 atom stereocenters. The number of nitrogens with one attached hydrogen (secondary N) is 2. The molecular formula is C18H17N3O3S2. The molecule has 0 aliphatic carbocycles. The molecule has 8 heteroatoms. The van der Waals surface area contributed by atoms with Crippen molar-refractivity contribution in [3.05, 3.63) is 77.4 Å². The van der Waals surface area contributed by atoms with Gasteiger partial charge in [-0.2, -0.15) is 0 Å². The van der Waals surface area contributed by atoms with Gasteiger partial charge in [0, 0.05) is 23.6 Å². The van der Waals surface area contributed by atoms with Crippen LogP contribution >= 0.6 is 11.3 Å². The molecule has 1 aromatic carbocycles. The van der Waals surface area contributed by atoms with Crippen molar-refractivity contribution in [3.63, 3.8) is 0 Å². The molecule has 0 bridgehead atoms. The van der Waals surface area contributed by atoms with E-state index >= 15 is 0 Å². The molecule has 0 aliphatic rings. The van der Waals surface area contributed by atoms with Gasteiger partial charge in [-0.05, 0) is 54.3 Å². The van der Waals surface area contributed by atoms with Gasteiger partial charge in [0.25, 0.3) is 15.9 Å².